The maximum Gasteiger partial charge on any atom is 0.194 e. The number of carbonyl (C=O) groups excluding carboxylic acids is 1. The minimum absolute atomic E-state index is 0.121. The van der Waals surface area contributed by atoms with Crippen LogP contribution in [0.2, 0.25) is 0 Å². The van der Waals surface area contributed by atoms with E-state index < -0.39 is 0 Å². The number of benzene rings is 3. The smallest absolute Gasteiger partial charge is 0.194 e. The number of hydrogen-bond donors (Lipinski definition) is 0. The second-order valence-electron chi connectivity index (χ2n) is 7.50. The van der Waals surface area contributed by atoms with Gasteiger partial charge in [0.15, 0.2) is 5.78 Å². The third-order valence-electron chi connectivity index (χ3n) is 5.37. The number of nitrogens with zero attached hydrogens (tertiary/aromatic N) is 1. The molecule has 4 aromatic rings. The second-order valence-corrected chi connectivity index (χ2v) is 7.50. The Kier molecular flexibility index (Phi) is 3.32. The van der Waals surface area contributed by atoms with Gasteiger partial charge in [0, 0.05) is 33.8 Å². The SMILES string of the molecule is Cc1cc(C)cc(-c2nccc3c4c(ccc23)C(=O)c2cc(C)ccc2-4)c1. The first-order chi connectivity index (χ1) is 13.0. The molecule has 1 aliphatic carbocycles. The van der Waals surface area contributed by atoms with Gasteiger partial charge in [0.2, 0.25) is 0 Å². The Balaban J connectivity index is 1.84. The number of aryl methyl sites for hydroxylation is 3. The Morgan fingerprint density at radius 1 is 0.667 bits per heavy atom. The molecule has 0 bridgehead atoms. The third kappa shape index (κ3) is 2.33. The lowest BCUT2D eigenvalue weighted by Gasteiger charge is -2.11. The van der Waals surface area contributed by atoms with Gasteiger partial charge in [-0.2, -0.15) is 0 Å². The number of rotatable bonds is 1. The normalized spacial score (nSPS) is 12.3. The summed E-state index contributed by atoms with van der Waals surface area (Å²) in [5.74, 6) is 0.121. The summed E-state index contributed by atoms with van der Waals surface area (Å²) in [7, 11) is 0. The van der Waals surface area contributed by atoms with Gasteiger partial charge in [-0.3, -0.25) is 9.78 Å². The van der Waals surface area contributed by atoms with E-state index in [2.05, 4.69) is 49.2 Å². The van der Waals surface area contributed by atoms with Crippen molar-refractivity contribution in [2.24, 2.45) is 0 Å². The molecule has 0 saturated carbocycles. The lowest BCUT2D eigenvalue weighted by molar-refractivity contribution is 0.104. The predicted molar refractivity (Wildman–Crippen MR) is 110 cm³/mol. The van der Waals surface area contributed by atoms with E-state index in [1.54, 1.807) is 0 Å². The molecule has 2 nitrogen and oxygen atoms in total. The van der Waals surface area contributed by atoms with Gasteiger partial charge >= 0.3 is 0 Å². The fourth-order valence-corrected chi connectivity index (χ4v) is 4.28. The Morgan fingerprint density at radius 2 is 1.41 bits per heavy atom. The highest BCUT2D eigenvalue weighted by molar-refractivity contribution is 6.26. The van der Waals surface area contributed by atoms with Crippen LogP contribution >= 0.6 is 0 Å². The van der Waals surface area contributed by atoms with Gasteiger partial charge in [-0.25, -0.2) is 0 Å². The molecule has 0 atom stereocenters. The van der Waals surface area contributed by atoms with Crippen molar-refractivity contribution in [3.63, 3.8) is 0 Å². The molecule has 0 fully saturated rings. The zero-order valence-corrected chi connectivity index (χ0v) is 15.6. The third-order valence-corrected chi connectivity index (χ3v) is 5.37. The van der Waals surface area contributed by atoms with E-state index >= 15 is 0 Å². The van der Waals surface area contributed by atoms with Crippen LogP contribution in [0.1, 0.15) is 32.6 Å². The van der Waals surface area contributed by atoms with E-state index in [1.807, 2.05) is 37.4 Å². The van der Waals surface area contributed by atoms with Crippen molar-refractivity contribution in [1.82, 2.24) is 4.98 Å². The maximum absolute atomic E-state index is 12.9. The highest BCUT2D eigenvalue weighted by atomic mass is 16.1. The number of fused-ring (bicyclic) bond motifs is 5. The highest BCUT2D eigenvalue weighted by Gasteiger charge is 2.28. The summed E-state index contributed by atoms with van der Waals surface area (Å²) in [5.41, 5.74) is 9.31. The monoisotopic (exact) mass is 349 g/mol. The van der Waals surface area contributed by atoms with Crippen molar-refractivity contribution in [2.45, 2.75) is 20.8 Å². The van der Waals surface area contributed by atoms with Crippen LogP contribution in [0.3, 0.4) is 0 Å². The van der Waals surface area contributed by atoms with Gasteiger partial charge in [-0.1, -0.05) is 41.0 Å². The lowest BCUT2D eigenvalue weighted by atomic mass is 9.94. The van der Waals surface area contributed by atoms with Crippen LogP contribution in [0.4, 0.5) is 0 Å². The van der Waals surface area contributed by atoms with Crippen molar-refractivity contribution in [3.05, 3.63) is 88.6 Å². The molecule has 5 rings (SSSR count). The summed E-state index contributed by atoms with van der Waals surface area (Å²) >= 11 is 0. The number of ketones is 1. The van der Waals surface area contributed by atoms with Crippen LogP contribution in [-0.2, 0) is 0 Å². The maximum atomic E-state index is 12.9. The van der Waals surface area contributed by atoms with Crippen molar-refractivity contribution in [3.8, 4) is 22.4 Å². The van der Waals surface area contributed by atoms with Crippen LogP contribution < -0.4 is 0 Å². The van der Waals surface area contributed by atoms with Gasteiger partial charge in [0.25, 0.3) is 0 Å². The molecule has 1 heterocycles. The molecule has 130 valence electrons. The van der Waals surface area contributed by atoms with Crippen LogP contribution in [0.15, 0.2) is 60.8 Å². The molecule has 2 heteroatoms. The average Bonchev–Trinajstić information content (AvgIpc) is 2.93. The Bertz CT molecular complexity index is 1250. The zero-order valence-electron chi connectivity index (χ0n) is 15.6. The van der Waals surface area contributed by atoms with Crippen LogP contribution in [0.25, 0.3) is 33.2 Å². The van der Waals surface area contributed by atoms with E-state index in [0.29, 0.717) is 0 Å². The molecule has 27 heavy (non-hydrogen) atoms. The van der Waals surface area contributed by atoms with E-state index in [1.165, 1.54) is 11.1 Å². The quantitative estimate of drug-likeness (QED) is 0.369. The highest BCUT2D eigenvalue weighted by Crippen LogP contribution is 2.43. The molecule has 0 aliphatic heterocycles. The summed E-state index contributed by atoms with van der Waals surface area (Å²) in [6.45, 7) is 6.24. The van der Waals surface area contributed by atoms with E-state index in [4.69, 9.17) is 0 Å². The summed E-state index contributed by atoms with van der Waals surface area (Å²) < 4.78 is 0. The van der Waals surface area contributed by atoms with Crippen LogP contribution in [0, 0.1) is 20.8 Å². The largest absolute Gasteiger partial charge is 0.289 e. The summed E-state index contributed by atoms with van der Waals surface area (Å²) in [6, 6.07) is 18.7. The first-order valence-electron chi connectivity index (χ1n) is 9.19. The Hall–Kier alpha value is -3.26. The van der Waals surface area contributed by atoms with Crippen LogP contribution in [0.5, 0.6) is 0 Å². The van der Waals surface area contributed by atoms with Crippen molar-refractivity contribution in [2.75, 3.05) is 0 Å². The first kappa shape index (κ1) is 16.0. The second kappa shape index (κ2) is 5.62. The van der Waals surface area contributed by atoms with Gasteiger partial charge in [-0.05, 0) is 62.1 Å². The predicted octanol–water partition coefficient (Wildman–Crippen LogP) is 6.04. The number of hydrogen-bond acceptors (Lipinski definition) is 2. The molecular formula is C25H19NO. The molecule has 0 saturated heterocycles. The van der Waals surface area contributed by atoms with Gasteiger partial charge in [0.05, 0.1) is 5.69 Å². The standard InChI is InChI=1S/C25H19NO/c1-14-4-5-18-22(13-14)25(27)21-7-6-20-19(23(18)21)8-9-26-24(20)17-11-15(2)10-16(3)12-17/h4-13H,1-3H3. The molecule has 0 spiro atoms. The van der Waals surface area contributed by atoms with E-state index in [0.717, 1.165) is 49.8 Å². The molecule has 0 amide bonds. The zero-order chi connectivity index (χ0) is 18.7. The Labute approximate surface area is 158 Å². The summed E-state index contributed by atoms with van der Waals surface area (Å²) in [6.07, 6.45) is 1.85. The lowest BCUT2D eigenvalue weighted by Crippen LogP contribution is -1.95. The van der Waals surface area contributed by atoms with E-state index in [9.17, 15) is 4.79 Å². The summed E-state index contributed by atoms with van der Waals surface area (Å²) in [4.78, 5) is 17.6. The molecule has 0 unspecified atom stereocenters. The fourth-order valence-electron chi connectivity index (χ4n) is 4.28. The topological polar surface area (TPSA) is 30.0 Å². The van der Waals surface area contributed by atoms with Crippen molar-refractivity contribution in [1.29, 1.82) is 0 Å². The van der Waals surface area contributed by atoms with Crippen molar-refractivity contribution < 1.29 is 4.79 Å². The van der Waals surface area contributed by atoms with Gasteiger partial charge in [-0.15, -0.1) is 0 Å². The van der Waals surface area contributed by atoms with E-state index in [-0.39, 0.29) is 5.78 Å². The molecule has 1 aliphatic rings. The number of aromatic nitrogens is 1. The minimum atomic E-state index is 0.121. The van der Waals surface area contributed by atoms with Gasteiger partial charge in [0.1, 0.15) is 0 Å². The molecule has 1 aromatic heterocycles. The average molecular weight is 349 g/mol. The molecule has 3 aromatic carbocycles. The Morgan fingerprint density at radius 3 is 2.19 bits per heavy atom. The summed E-state index contributed by atoms with van der Waals surface area (Å²) in [5, 5.41) is 2.18. The van der Waals surface area contributed by atoms with Crippen molar-refractivity contribution >= 4 is 16.6 Å². The first-order valence-corrected chi connectivity index (χ1v) is 9.19. The molecular weight excluding hydrogens is 330 g/mol. The molecule has 0 N–H and O–H groups in total. The minimum Gasteiger partial charge on any atom is -0.289 e. The molecule has 0 radical (unpaired) electrons. The fraction of sp³-hybridized carbons (Fsp3) is 0.120. The number of carbonyl (C=O) groups is 1. The van der Waals surface area contributed by atoms with Gasteiger partial charge < -0.3 is 0 Å². The number of pyridine rings is 1. The van der Waals surface area contributed by atoms with Crippen LogP contribution in [-0.4, -0.2) is 10.8 Å².